The molecule has 0 unspecified atom stereocenters. The van der Waals surface area contributed by atoms with Gasteiger partial charge in [-0.05, 0) is 55.4 Å². The van der Waals surface area contributed by atoms with Crippen LogP contribution in [-0.2, 0) is 16.4 Å². The highest BCUT2D eigenvalue weighted by Crippen LogP contribution is 2.41. The number of nitrogens with zero attached hydrogens (tertiary/aromatic N) is 6. The lowest BCUT2D eigenvalue weighted by Gasteiger charge is -2.13. The molecule has 0 bridgehead atoms. The van der Waals surface area contributed by atoms with Gasteiger partial charge in [0.05, 0.1) is 12.6 Å². The van der Waals surface area contributed by atoms with Gasteiger partial charge in [0.1, 0.15) is 16.4 Å². The van der Waals surface area contributed by atoms with Crippen molar-refractivity contribution in [3.8, 4) is 0 Å². The van der Waals surface area contributed by atoms with Crippen LogP contribution >= 0.6 is 0 Å². The standard InChI is InChI=1S/C23H23N6O2S/c1-16-4-8-19(9-5-16)32(30,31)28-13-10-20-23(28)24-15-21-25-26-22(29(20)21)17-6-7-18(14-17)27-11-2-3-12-27/h2-5,8-9,11-13,15,17-18H,6-7,10,14H2,1H3/q+1/t17-,18+/m1/s1. The van der Waals surface area contributed by atoms with Crippen LogP contribution in [-0.4, -0.2) is 42.8 Å². The van der Waals surface area contributed by atoms with E-state index in [1.807, 2.05) is 11.3 Å². The van der Waals surface area contributed by atoms with Crippen LogP contribution in [0.4, 0.5) is 5.82 Å². The van der Waals surface area contributed by atoms with Crippen LogP contribution in [0.1, 0.15) is 48.3 Å². The van der Waals surface area contributed by atoms with E-state index in [-0.39, 0.29) is 10.8 Å². The summed E-state index contributed by atoms with van der Waals surface area (Å²) in [6.45, 7) is 1.93. The van der Waals surface area contributed by atoms with Gasteiger partial charge in [0.2, 0.25) is 5.65 Å². The van der Waals surface area contributed by atoms with Crippen molar-refractivity contribution in [3.05, 3.63) is 72.1 Å². The van der Waals surface area contributed by atoms with Gasteiger partial charge in [-0.1, -0.05) is 17.7 Å². The third-order valence-electron chi connectivity index (χ3n) is 6.60. The van der Waals surface area contributed by atoms with Crippen LogP contribution in [0.2, 0.25) is 0 Å². The lowest BCUT2D eigenvalue weighted by molar-refractivity contribution is -0.257. The minimum atomic E-state index is -3.73. The van der Waals surface area contributed by atoms with Crippen molar-refractivity contribution < 1.29 is 12.4 Å². The Morgan fingerprint density at radius 1 is 1.06 bits per heavy atom. The number of fused-ring (bicyclic) bond motifs is 3. The summed E-state index contributed by atoms with van der Waals surface area (Å²) in [5.41, 5.74) is 2.49. The number of aromatic nitrogens is 5. The third kappa shape index (κ3) is 2.91. The molecule has 8 nitrogen and oxygen atoms in total. The lowest BCUT2D eigenvalue weighted by Crippen LogP contribution is -2.17. The van der Waals surface area contributed by atoms with Gasteiger partial charge in [0.15, 0.2) is 6.20 Å². The van der Waals surface area contributed by atoms with Crippen LogP contribution in [0.15, 0.2) is 59.9 Å². The van der Waals surface area contributed by atoms with Crippen molar-refractivity contribution in [1.82, 2.24) is 24.1 Å². The van der Waals surface area contributed by atoms with E-state index < -0.39 is 10.0 Å². The molecule has 0 spiro atoms. The second-order valence-corrected chi connectivity index (χ2v) is 10.4. The average molecular weight is 448 g/mol. The molecule has 6 rings (SSSR count). The first-order valence-corrected chi connectivity index (χ1v) is 12.3. The van der Waals surface area contributed by atoms with E-state index in [0.29, 0.717) is 23.9 Å². The summed E-state index contributed by atoms with van der Waals surface area (Å²) in [7, 11) is -3.73. The van der Waals surface area contributed by atoms with Gasteiger partial charge in [-0.15, -0.1) is 14.2 Å². The highest BCUT2D eigenvalue weighted by atomic mass is 32.2. The quantitative estimate of drug-likeness (QED) is 0.448. The Balaban J connectivity index is 1.39. The molecule has 1 aromatic carbocycles. The van der Waals surface area contributed by atoms with Gasteiger partial charge >= 0.3 is 15.8 Å². The van der Waals surface area contributed by atoms with Crippen LogP contribution in [0.25, 0.3) is 5.65 Å². The number of hydrogen-bond acceptors (Lipinski definition) is 5. The molecular formula is C23H23N6O2S+. The average Bonchev–Trinajstić information content (AvgIpc) is 3.58. The molecule has 162 valence electrons. The maximum atomic E-state index is 13.3. The Hall–Kier alpha value is -3.33. The summed E-state index contributed by atoms with van der Waals surface area (Å²) in [6, 6.07) is 11.4. The molecule has 0 saturated heterocycles. The first-order valence-electron chi connectivity index (χ1n) is 10.8. The number of aryl methyl sites for hydroxylation is 1. The van der Waals surface area contributed by atoms with E-state index in [1.165, 1.54) is 3.98 Å². The smallest absolute Gasteiger partial charge is 0.351 e. The number of sulfonamides is 1. The molecule has 1 aliphatic carbocycles. The monoisotopic (exact) mass is 447 g/mol. The number of hydrogen-bond donors (Lipinski definition) is 0. The molecule has 0 N–H and O–H groups in total. The Morgan fingerprint density at radius 3 is 2.62 bits per heavy atom. The highest BCUT2D eigenvalue weighted by Gasteiger charge is 2.38. The molecule has 0 amide bonds. The molecule has 4 heterocycles. The van der Waals surface area contributed by atoms with Crippen molar-refractivity contribution in [1.29, 1.82) is 0 Å². The number of rotatable bonds is 4. The van der Waals surface area contributed by atoms with Gasteiger partial charge in [0.25, 0.3) is 0 Å². The largest absolute Gasteiger partial charge is 0.358 e. The van der Waals surface area contributed by atoms with Crippen LogP contribution in [0.5, 0.6) is 0 Å². The zero-order valence-corrected chi connectivity index (χ0v) is 18.5. The van der Waals surface area contributed by atoms with Crippen LogP contribution < -0.4 is 0 Å². The summed E-state index contributed by atoms with van der Waals surface area (Å²) >= 11 is 0. The Bertz CT molecular complexity index is 1450. The molecule has 9 heteroatoms. The predicted molar refractivity (Wildman–Crippen MR) is 119 cm³/mol. The summed E-state index contributed by atoms with van der Waals surface area (Å²) in [4.78, 5) is 4.71. The zero-order valence-electron chi connectivity index (χ0n) is 17.7. The molecule has 3 aromatic heterocycles. The zero-order chi connectivity index (χ0) is 21.9. The van der Waals surface area contributed by atoms with Gasteiger partial charge < -0.3 is 4.57 Å². The van der Waals surface area contributed by atoms with Crippen molar-refractivity contribution >= 4 is 27.7 Å². The van der Waals surface area contributed by atoms with Gasteiger partial charge in [0, 0.05) is 24.4 Å². The SMILES string of the molecule is Cc1ccc(S(=O)(=O)[N+]2=CCc3c2ncc2nnc([C@@H]4CC[C@H](n5cccc5)C4)n32)cc1. The van der Waals surface area contributed by atoms with Crippen molar-refractivity contribution in [3.63, 3.8) is 0 Å². The Kier molecular flexibility index (Phi) is 4.29. The molecule has 0 radical (unpaired) electrons. The fraction of sp³-hybridized carbons (Fsp3) is 0.304. The van der Waals surface area contributed by atoms with Crippen LogP contribution in [0.3, 0.4) is 0 Å². The Morgan fingerprint density at radius 2 is 1.84 bits per heavy atom. The second-order valence-electron chi connectivity index (χ2n) is 8.57. The summed E-state index contributed by atoms with van der Waals surface area (Å²) < 4.78 is 32.2. The normalized spacial score (nSPS) is 20.6. The minimum Gasteiger partial charge on any atom is -0.351 e. The van der Waals surface area contributed by atoms with Crippen molar-refractivity contribution in [2.45, 2.75) is 49.5 Å². The first kappa shape index (κ1) is 19.4. The molecular weight excluding hydrogens is 424 g/mol. The lowest BCUT2D eigenvalue weighted by atomic mass is 10.1. The van der Waals surface area contributed by atoms with Gasteiger partial charge in [-0.25, -0.2) is 0 Å². The van der Waals surface area contributed by atoms with E-state index in [2.05, 4.69) is 44.3 Å². The molecule has 32 heavy (non-hydrogen) atoms. The molecule has 4 aromatic rings. The summed E-state index contributed by atoms with van der Waals surface area (Å²) in [5.74, 6) is 1.60. The minimum absolute atomic E-state index is 0.253. The summed E-state index contributed by atoms with van der Waals surface area (Å²) in [5, 5.41) is 8.85. The molecule has 1 aliphatic heterocycles. The molecule has 2 atom stereocenters. The molecule has 2 aliphatic rings. The maximum absolute atomic E-state index is 13.3. The topological polar surface area (TPSA) is 85.2 Å². The van der Waals surface area contributed by atoms with E-state index in [1.54, 1.807) is 36.7 Å². The van der Waals surface area contributed by atoms with Crippen LogP contribution in [0, 0.1) is 6.92 Å². The van der Waals surface area contributed by atoms with Crippen molar-refractivity contribution in [2.24, 2.45) is 0 Å². The maximum Gasteiger partial charge on any atom is 0.358 e. The predicted octanol–water partition coefficient (Wildman–Crippen LogP) is 3.40. The third-order valence-corrected chi connectivity index (χ3v) is 8.31. The number of benzene rings is 1. The first-order chi connectivity index (χ1) is 15.5. The van der Waals surface area contributed by atoms with E-state index in [9.17, 15) is 8.42 Å². The highest BCUT2D eigenvalue weighted by molar-refractivity contribution is 7.85. The fourth-order valence-electron chi connectivity index (χ4n) is 4.94. The van der Waals surface area contributed by atoms with Gasteiger partial charge in [-0.3, -0.25) is 4.40 Å². The molecule has 1 saturated carbocycles. The summed E-state index contributed by atoms with van der Waals surface area (Å²) in [6.07, 6.45) is 11.1. The van der Waals surface area contributed by atoms with E-state index >= 15 is 0 Å². The van der Waals surface area contributed by atoms with Gasteiger partial charge in [-0.2, -0.15) is 8.42 Å². The van der Waals surface area contributed by atoms with Crippen molar-refractivity contribution in [2.75, 3.05) is 0 Å². The fourth-order valence-corrected chi connectivity index (χ4v) is 6.30. The Labute approximate surface area is 185 Å². The molecule has 1 fully saturated rings. The second kappa shape index (κ2) is 7.09. The van der Waals surface area contributed by atoms with E-state index in [0.717, 1.165) is 36.3 Å². The van der Waals surface area contributed by atoms with E-state index in [4.69, 9.17) is 0 Å².